The summed E-state index contributed by atoms with van der Waals surface area (Å²) in [5.74, 6) is 0.171. The van der Waals surface area contributed by atoms with E-state index in [0.29, 0.717) is 16.7 Å². The number of benzene rings is 2. The minimum absolute atomic E-state index is 0.171. The molecule has 0 spiro atoms. The molecule has 3 rings (SSSR count). The van der Waals surface area contributed by atoms with Crippen molar-refractivity contribution < 1.29 is 17.6 Å². The van der Waals surface area contributed by atoms with E-state index < -0.39 is 11.7 Å². The van der Waals surface area contributed by atoms with Gasteiger partial charge >= 0.3 is 6.18 Å². The summed E-state index contributed by atoms with van der Waals surface area (Å²) in [5, 5.41) is 0. The summed E-state index contributed by atoms with van der Waals surface area (Å²) in [7, 11) is 0. The molecule has 0 unspecified atom stereocenters. The molecule has 0 fully saturated rings. The van der Waals surface area contributed by atoms with Gasteiger partial charge in [-0.3, -0.25) is 0 Å². The first-order valence-electron chi connectivity index (χ1n) is 5.67. The highest BCUT2D eigenvalue weighted by Gasteiger charge is 2.30. The zero-order chi connectivity index (χ0) is 14.3. The Morgan fingerprint density at radius 1 is 1.05 bits per heavy atom. The van der Waals surface area contributed by atoms with Crippen LogP contribution in [0.4, 0.5) is 13.2 Å². The van der Waals surface area contributed by atoms with Crippen molar-refractivity contribution in [1.82, 2.24) is 4.98 Å². The van der Waals surface area contributed by atoms with Crippen molar-refractivity contribution in [2.45, 2.75) is 6.18 Å². The summed E-state index contributed by atoms with van der Waals surface area (Å²) in [6.45, 7) is 0. The van der Waals surface area contributed by atoms with Crippen LogP contribution in [0.1, 0.15) is 5.56 Å². The van der Waals surface area contributed by atoms with Gasteiger partial charge in [-0.05, 0) is 36.4 Å². The van der Waals surface area contributed by atoms with E-state index in [9.17, 15) is 13.2 Å². The monoisotopic (exact) mass is 341 g/mol. The number of halogens is 4. The Bertz CT molecular complexity index is 779. The second-order valence-electron chi connectivity index (χ2n) is 4.21. The number of oxazole rings is 1. The molecule has 3 aromatic rings. The number of aromatic nitrogens is 1. The van der Waals surface area contributed by atoms with Gasteiger partial charge in [0.2, 0.25) is 5.89 Å². The molecule has 0 atom stereocenters. The van der Waals surface area contributed by atoms with Gasteiger partial charge < -0.3 is 4.42 Å². The third-order valence-corrected chi connectivity index (χ3v) is 3.28. The topological polar surface area (TPSA) is 26.0 Å². The van der Waals surface area contributed by atoms with Gasteiger partial charge in [0.15, 0.2) is 5.58 Å². The molecule has 0 aliphatic rings. The van der Waals surface area contributed by atoms with Crippen LogP contribution in [-0.4, -0.2) is 4.98 Å². The van der Waals surface area contributed by atoms with Gasteiger partial charge in [-0.25, -0.2) is 4.98 Å². The Morgan fingerprint density at radius 2 is 1.85 bits per heavy atom. The maximum absolute atomic E-state index is 12.7. The van der Waals surface area contributed by atoms with Crippen molar-refractivity contribution >= 4 is 27.0 Å². The first kappa shape index (κ1) is 13.2. The van der Waals surface area contributed by atoms with Gasteiger partial charge in [-0.15, -0.1) is 0 Å². The Balaban J connectivity index is 2.11. The van der Waals surface area contributed by atoms with Crippen LogP contribution < -0.4 is 0 Å². The molecule has 0 saturated heterocycles. The molecule has 0 aliphatic carbocycles. The lowest BCUT2D eigenvalue weighted by atomic mass is 10.1. The zero-order valence-corrected chi connectivity index (χ0v) is 11.5. The maximum atomic E-state index is 12.7. The highest BCUT2D eigenvalue weighted by Crippen LogP contribution is 2.33. The van der Waals surface area contributed by atoms with Crippen LogP contribution in [0.15, 0.2) is 51.4 Å². The fourth-order valence-electron chi connectivity index (χ4n) is 1.85. The van der Waals surface area contributed by atoms with Crippen molar-refractivity contribution in [3.63, 3.8) is 0 Å². The van der Waals surface area contributed by atoms with E-state index in [1.165, 1.54) is 12.1 Å². The lowest BCUT2D eigenvalue weighted by Gasteiger charge is -2.06. The lowest BCUT2D eigenvalue weighted by molar-refractivity contribution is -0.137. The summed E-state index contributed by atoms with van der Waals surface area (Å²) in [6.07, 6.45) is -4.38. The Kier molecular flexibility index (Phi) is 3.05. The molecule has 1 heterocycles. The fourth-order valence-corrected chi connectivity index (χ4v) is 2.19. The van der Waals surface area contributed by atoms with E-state index >= 15 is 0 Å². The minimum Gasteiger partial charge on any atom is -0.436 e. The van der Waals surface area contributed by atoms with E-state index in [-0.39, 0.29) is 5.89 Å². The van der Waals surface area contributed by atoms with Gasteiger partial charge in [-0.2, -0.15) is 13.2 Å². The van der Waals surface area contributed by atoms with Crippen molar-refractivity contribution in [2.24, 2.45) is 0 Å². The van der Waals surface area contributed by atoms with E-state index in [4.69, 9.17) is 4.42 Å². The maximum Gasteiger partial charge on any atom is 0.416 e. The third-order valence-electron chi connectivity index (χ3n) is 2.79. The first-order chi connectivity index (χ1) is 9.43. The standard InChI is InChI=1S/C14H7BrF3NO/c15-10-4-5-11-12(7-10)20-13(19-11)8-2-1-3-9(6-8)14(16,17)18/h1-7H. The van der Waals surface area contributed by atoms with E-state index in [2.05, 4.69) is 20.9 Å². The summed E-state index contributed by atoms with van der Waals surface area (Å²) in [4.78, 5) is 4.19. The molecule has 0 N–H and O–H groups in total. The molecule has 0 saturated carbocycles. The van der Waals surface area contributed by atoms with Crippen molar-refractivity contribution in [2.75, 3.05) is 0 Å². The van der Waals surface area contributed by atoms with Crippen LogP contribution in [0.2, 0.25) is 0 Å². The second-order valence-corrected chi connectivity index (χ2v) is 5.13. The number of fused-ring (bicyclic) bond motifs is 1. The van der Waals surface area contributed by atoms with Crippen LogP contribution >= 0.6 is 15.9 Å². The third kappa shape index (κ3) is 2.43. The number of alkyl halides is 3. The molecular formula is C14H7BrF3NO. The minimum atomic E-state index is -4.38. The molecule has 1 aromatic heterocycles. The van der Waals surface area contributed by atoms with Gasteiger partial charge in [0.1, 0.15) is 5.52 Å². The number of nitrogens with zero attached hydrogens (tertiary/aromatic N) is 1. The predicted molar refractivity (Wildman–Crippen MR) is 72.1 cm³/mol. The molecule has 0 aliphatic heterocycles. The lowest BCUT2D eigenvalue weighted by Crippen LogP contribution is -2.04. The molecule has 0 amide bonds. The van der Waals surface area contributed by atoms with Crippen molar-refractivity contribution in [3.05, 3.63) is 52.5 Å². The van der Waals surface area contributed by atoms with Gasteiger partial charge in [0.25, 0.3) is 0 Å². The van der Waals surface area contributed by atoms with E-state index in [1.54, 1.807) is 18.2 Å². The van der Waals surface area contributed by atoms with Gasteiger partial charge in [-0.1, -0.05) is 22.0 Å². The van der Waals surface area contributed by atoms with Crippen LogP contribution in [0.25, 0.3) is 22.6 Å². The first-order valence-corrected chi connectivity index (χ1v) is 6.46. The molecule has 102 valence electrons. The summed E-state index contributed by atoms with van der Waals surface area (Å²) >= 11 is 3.30. The smallest absolute Gasteiger partial charge is 0.416 e. The van der Waals surface area contributed by atoms with Crippen molar-refractivity contribution in [3.8, 4) is 11.5 Å². The average Bonchev–Trinajstić information content (AvgIpc) is 2.81. The molecule has 20 heavy (non-hydrogen) atoms. The average molecular weight is 342 g/mol. The van der Waals surface area contributed by atoms with Crippen molar-refractivity contribution in [1.29, 1.82) is 0 Å². The largest absolute Gasteiger partial charge is 0.436 e. The number of rotatable bonds is 1. The fraction of sp³-hybridized carbons (Fsp3) is 0.0714. The molecular weight excluding hydrogens is 335 g/mol. The Hall–Kier alpha value is -1.82. The number of hydrogen-bond donors (Lipinski definition) is 0. The number of hydrogen-bond acceptors (Lipinski definition) is 2. The SMILES string of the molecule is FC(F)(F)c1cccc(-c2nc3ccc(Br)cc3o2)c1. The highest BCUT2D eigenvalue weighted by molar-refractivity contribution is 9.10. The molecule has 0 radical (unpaired) electrons. The van der Waals surface area contributed by atoms with Crippen LogP contribution in [0, 0.1) is 0 Å². The Morgan fingerprint density at radius 3 is 2.60 bits per heavy atom. The zero-order valence-electron chi connectivity index (χ0n) is 9.91. The van der Waals surface area contributed by atoms with E-state index in [0.717, 1.165) is 16.6 Å². The summed E-state index contributed by atoms with van der Waals surface area (Å²) in [5.41, 5.74) is 0.693. The van der Waals surface area contributed by atoms with Crippen LogP contribution in [0.5, 0.6) is 0 Å². The predicted octanol–water partition coefficient (Wildman–Crippen LogP) is 5.28. The molecule has 2 nitrogen and oxygen atoms in total. The van der Waals surface area contributed by atoms with Gasteiger partial charge in [0.05, 0.1) is 5.56 Å². The second kappa shape index (κ2) is 4.63. The summed E-state index contributed by atoms with van der Waals surface area (Å²) in [6, 6.07) is 10.2. The van der Waals surface area contributed by atoms with Crippen LogP contribution in [-0.2, 0) is 6.18 Å². The highest BCUT2D eigenvalue weighted by atomic mass is 79.9. The molecule has 0 bridgehead atoms. The summed E-state index contributed by atoms with van der Waals surface area (Å²) < 4.78 is 44.4. The van der Waals surface area contributed by atoms with Gasteiger partial charge in [0, 0.05) is 10.0 Å². The normalized spacial score (nSPS) is 12.0. The molecule has 6 heteroatoms. The van der Waals surface area contributed by atoms with E-state index in [1.807, 2.05) is 0 Å². The Labute approximate surface area is 120 Å². The molecule has 2 aromatic carbocycles. The quantitative estimate of drug-likeness (QED) is 0.602. The van der Waals surface area contributed by atoms with Crippen LogP contribution in [0.3, 0.4) is 0 Å².